The van der Waals surface area contributed by atoms with E-state index in [0.717, 1.165) is 0 Å². The van der Waals surface area contributed by atoms with Crippen LogP contribution in [0.4, 0.5) is 0 Å². The summed E-state index contributed by atoms with van der Waals surface area (Å²) in [7, 11) is 0. The smallest absolute Gasteiger partial charge is 0.266 e. The van der Waals surface area contributed by atoms with Gasteiger partial charge in [0.1, 0.15) is 0 Å². The highest BCUT2D eigenvalue weighted by atomic mass is 16.2. The molecule has 1 aliphatic heterocycles. The van der Waals surface area contributed by atoms with Crippen LogP contribution in [0.1, 0.15) is 13.8 Å². The van der Waals surface area contributed by atoms with Crippen LogP contribution < -0.4 is 10.6 Å². The van der Waals surface area contributed by atoms with Gasteiger partial charge in [-0.2, -0.15) is 0 Å². The molecule has 0 aromatic heterocycles. The van der Waals surface area contributed by atoms with Crippen molar-refractivity contribution in [3.63, 3.8) is 0 Å². The Bertz CT molecular complexity index is 259. The van der Waals surface area contributed by atoms with E-state index in [9.17, 15) is 9.59 Å². The summed E-state index contributed by atoms with van der Waals surface area (Å²) in [5.41, 5.74) is 0.562. The highest BCUT2D eigenvalue weighted by Crippen LogP contribution is 1.82. The maximum Gasteiger partial charge on any atom is 0.266 e. The summed E-state index contributed by atoms with van der Waals surface area (Å²) in [6.07, 6.45) is 1.41. The average Bonchev–Trinajstić information content (AvgIpc) is 2.57. The van der Waals surface area contributed by atoms with E-state index < -0.39 is 0 Å². The summed E-state index contributed by atoms with van der Waals surface area (Å²) in [5, 5.41) is 5.24. The zero-order chi connectivity index (χ0) is 11.0. The first-order valence-electron chi connectivity index (χ1n) is 4.30. The lowest BCUT2D eigenvalue weighted by Gasteiger charge is -1.97. The number of likely N-dealkylation sites (N-methyl/N-ethyl adjacent to an activating group) is 1. The van der Waals surface area contributed by atoms with E-state index in [1.807, 2.05) is 6.92 Å². The third-order valence-electron chi connectivity index (χ3n) is 1.28. The monoisotopic (exact) mass is 197 g/mol. The largest absolute Gasteiger partial charge is 0.367 e. The molecule has 78 valence electrons. The molecule has 0 fully saturated rings. The number of amides is 2. The minimum absolute atomic E-state index is 0.0625. The van der Waals surface area contributed by atoms with Crippen molar-refractivity contribution in [1.82, 2.24) is 10.6 Å². The van der Waals surface area contributed by atoms with Crippen molar-refractivity contribution in [3.8, 4) is 0 Å². The minimum atomic E-state index is -0.0880. The third kappa shape index (κ3) is 5.93. The lowest BCUT2D eigenvalue weighted by molar-refractivity contribution is -0.117. The maximum absolute atomic E-state index is 10.5. The van der Waals surface area contributed by atoms with Crippen molar-refractivity contribution in [2.75, 3.05) is 13.1 Å². The van der Waals surface area contributed by atoms with E-state index in [2.05, 4.69) is 22.2 Å². The summed E-state index contributed by atoms with van der Waals surface area (Å²) in [6.45, 7) is 8.07. The molecule has 0 saturated heterocycles. The van der Waals surface area contributed by atoms with Gasteiger partial charge in [-0.25, -0.2) is 4.99 Å². The first-order chi connectivity index (χ1) is 6.57. The SMILES string of the molecule is C=C(C)C(=O)NCC.O=C1CNC=N1. The van der Waals surface area contributed by atoms with Crippen molar-refractivity contribution in [3.05, 3.63) is 12.2 Å². The molecule has 1 rings (SSSR count). The number of hydrogen-bond donors (Lipinski definition) is 2. The first kappa shape index (κ1) is 12.3. The highest BCUT2D eigenvalue weighted by Gasteiger charge is 1.98. The maximum atomic E-state index is 10.5. The molecule has 0 bridgehead atoms. The summed E-state index contributed by atoms with van der Waals surface area (Å²) >= 11 is 0. The van der Waals surface area contributed by atoms with Crippen LogP contribution in [0.5, 0.6) is 0 Å². The molecule has 0 aliphatic carbocycles. The van der Waals surface area contributed by atoms with Gasteiger partial charge >= 0.3 is 0 Å². The molecule has 1 heterocycles. The quantitative estimate of drug-likeness (QED) is 0.604. The molecule has 0 saturated carbocycles. The summed E-state index contributed by atoms with van der Waals surface area (Å²) in [4.78, 5) is 23.9. The number of nitrogens with zero attached hydrogens (tertiary/aromatic N) is 1. The molecule has 2 amide bonds. The molecule has 0 atom stereocenters. The van der Waals surface area contributed by atoms with E-state index in [0.29, 0.717) is 18.7 Å². The highest BCUT2D eigenvalue weighted by molar-refractivity contribution is 5.92. The first-order valence-corrected chi connectivity index (χ1v) is 4.30. The van der Waals surface area contributed by atoms with Gasteiger partial charge in [0.05, 0.1) is 12.9 Å². The Hall–Kier alpha value is -1.65. The molecular weight excluding hydrogens is 182 g/mol. The van der Waals surface area contributed by atoms with E-state index >= 15 is 0 Å². The molecule has 14 heavy (non-hydrogen) atoms. The summed E-state index contributed by atoms with van der Waals surface area (Å²) in [6, 6.07) is 0. The van der Waals surface area contributed by atoms with E-state index in [1.165, 1.54) is 6.34 Å². The van der Waals surface area contributed by atoms with Crippen molar-refractivity contribution < 1.29 is 9.59 Å². The van der Waals surface area contributed by atoms with E-state index in [1.54, 1.807) is 6.92 Å². The van der Waals surface area contributed by atoms with Crippen LogP contribution in [0, 0.1) is 0 Å². The molecule has 1 aliphatic rings. The topological polar surface area (TPSA) is 70.6 Å². The lowest BCUT2D eigenvalue weighted by Crippen LogP contribution is -2.22. The predicted octanol–water partition coefficient (Wildman–Crippen LogP) is -0.157. The van der Waals surface area contributed by atoms with Crippen molar-refractivity contribution >= 4 is 18.2 Å². The van der Waals surface area contributed by atoms with Gasteiger partial charge in [-0.3, -0.25) is 9.59 Å². The normalized spacial score (nSPS) is 12.6. The second kappa shape index (κ2) is 6.82. The van der Waals surface area contributed by atoms with Crippen LogP contribution in [0.25, 0.3) is 0 Å². The average molecular weight is 197 g/mol. The molecular formula is C9H15N3O2. The second-order valence-corrected chi connectivity index (χ2v) is 2.67. The fourth-order valence-electron chi connectivity index (χ4n) is 0.608. The molecule has 5 heteroatoms. The van der Waals surface area contributed by atoms with E-state index in [-0.39, 0.29) is 11.8 Å². The number of hydrogen-bond acceptors (Lipinski definition) is 3. The van der Waals surface area contributed by atoms with Gasteiger partial charge in [-0.15, -0.1) is 0 Å². The number of nitrogens with one attached hydrogen (secondary N) is 2. The van der Waals surface area contributed by atoms with Gasteiger partial charge in [0, 0.05) is 12.1 Å². The van der Waals surface area contributed by atoms with Gasteiger partial charge in [0.15, 0.2) is 0 Å². The molecule has 0 spiro atoms. The fraction of sp³-hybridized carbons (Fsp3) is 0.444. The second-order valence-electron chi connectivity index (χ2n) is 2.67. The Balaban J connectivity index is 0.000000249. The van der Waals surface area contributed by atoms with Crippen LogP contribution in [0.3, 0.4) is 0 Å². The van der Waals surface area contributed by atoms with Gasteiger partial charge in [0.2, 0.25) is 5.91 Å². The molecule has 5 nitrogen and oxygen atoms in total. The van der Waals surface area contributed by atoms with Crippen LogP contribution in [0.2, 0.25) is 0 Å². The van der Waals surface area contributed by atoms with Gasteiger partial charge < -0.3 is 10.6 Å². The predicted molar refractivity (Wildman–Crippen MR) is 55.0 cm³/mol. The van der Waals surface area contributed by atoms with Crippen LogP contribution >= 0.6 is 0 Å². The zero-order valence-corrected chi connectivity index (χ0v) is 8.46. The standard InChI is InChI=1S/C6H11NO.C3H4N2O/c1-4-7-6(8)5(2)3;6-3-1-4-2-5-3/h2,4H2,1,3H3,(H,7,8);2H,1H2,(H,4,5,6). The van der Waals surface area contributed by atoms with Crippen LogP contribution in [-0.2, 0) is 9.59 Å². The lowest BCUT2D eigenvalue weighted by atomic mass is 10.3. The molecule has 0 unspecified atom stereocenters. The Morgan fingerprint density at radius 1 is 1.79 bits per heavy atom. The zero-order valence-electron chi connectivity index (χ0n) is 8.46. The minimum Gasteiger partial charge on any atom is -0.367 e. The number of rotatable bonds is 2. The molecule has 0 radical (unpaired) electrons. The number of carbonyl (C=O) groups excluding carboxylic acids is 2. The third-order valence-corrected chi connectivity index (χ3v) is 1.28. The number of carbonyl (C=O) groups is 2. The Morgan fingerprint density at radius 2 is 2.43 bits per heavy atom. The summed E-state index contributed by atoms with van der Waals surface area (Å²) in [5.74, 6) is -0.150. The van der Waals surface area contributed by atoms with Gasteiger partial charge in [0.25, 0.3) is 5.91 Å². The van der Waals surface area contributed by atoms with Crippen molar-refractivity contribution in [1.29, 1.82) is 0 Å². The van der Waals surface area contributed by atoms with Crippen molar-refractivity contribution in [2.24, 2.45) is 4.99 Å². The number of aliphatic imine (C=N–C) groups is 1. The fourth-order valence-corrected chi connectivity index (χ4v) is 0.608. The van der Waals surface area contributed by atoms with Gasteiger partial charge in [-0.1, -0.05) is 6.58 Å². The Kier molecular flexibility index (Phi) is 6.02. The molecule has 0 aromatic rings. The molecule has 0 aromatic carbocycles. The Morgan fingerprint density at radius 3 is 2.57 bits per heavy atom. The molecule has 2 N–H and O–H groups in total. The van der Waals surface area contributed by atoms with Gasteiger partial charge in [-0.05, 0) is 13.8 Å². The van der Waals surface area contributed by atoms with E-state index in [4.69, 9.17) is 0 Å². The van der Waals surface area contributed by atoms with Crippen LogP contribution in [0.15, 0.2) is 17.1 Å². The van der Waals surface area contributed by atoms with Crippen molar-refractivity contribution in [2.45, 2.75) is 13.8 Å². The van der Waals surface area contributed by atoms with Crippen LogP contribution in [-0.4, -0.2) is 31.2 Å². The summed E-state index contributed by atoms with van der Waals surface area (Å²) < 4.78 is 0. The Labute approximate surface area is 83.3 Å².